The van der Waals surface area contributed by atoms with E-state index in [0.717, 1.165) is 0 Å². The molecule has 3 aromatic carbocycles. The second-order valence-electron chi connectivity index (χ2n) is 8.41. The lowest BCUT2D eigenvalue weighted by Crippen LogP contribution is -2.43. The summed E-state index contributed by atoms with van der Waals surface area (Å²) in [6, 6.07) is 19.4. The topological polar surface area (TPSA) is 116 Å². The summed E-state index contributed by atoms with van der Waals surface area (Å²) >= 11 is 0. The number of esters is 1. The van der Waals surface area contributed by atoms with E-state index < -0.39 is 34.3 Å². The van der Waals surface area contributed by atoms with E-state index >= 15 is 0 Å². The number of rotatable bonds is 4. The Labute approximate surface area is 194 Å². The van der Waals surface area contributed by atoms with Crippen LogP contribution in [0.5, 0.6) is 0 Å². The Bertz CT molecular complexity index is 1280. The highest BCUT2D eigenvalue weighted by molar-refractivity contribution is 6.31. The molecule has 8 nitrogen and oxygen atoms in total. The predicted molar refractivity (Wildman–Crippen MR) is 121 cm³/mol. The summed E-state index contributed by atoms with van der Waals surface area (Å²) in [6.07, 6.45) is 0. The van der Waals surface area contributed by atoms with Crippen LogP contribution in [0, 0.1) is 15.5 Å². The van der Waals surface area contributed by atoms with Gasteiger partial charge in [0.1, 0.15) is 11.5 Å². The van der Waals surface area contributed by atoms with Crippen LogP contribution in [0.4, 0.5) is 5.69 Å². The molecule has 1 fully saturated rings. The minimum Gasteiger partial charge on any atom is -0.468 e. The maximum atomic E-state index is 14.1. The van der Waals surface area contributed by atoms with E-state index in [1.165, 1.54) is 31.4 Å². The van der Waals surface area contributed by atoms with Gasteiger partial charge in [0, 0.05) is 29.2 Å². The quantitative estimate of drug-likeness (QED) is 0.276. The van der Waals surface area contributed by atoms with Crippen LogP contribution in [0.25, 0.3) is 0 Å². The van der Waals surface area contributed by atoms with Crippen molar-refractivity contribution >= 4 is 23.2 Å². The second kappa shape index (κ2) is 8.00. The molecule has 1 N–H and O–H groups in total. The van der Waals surface area contributed by atoms with Crippen molar-refractivity contribution in [2.24, 2.45) is 5.41 Å². The van der Waals surface area contributed by atoms with Crippen molar-refractivity contribution in [3.8, 4) is 0 Å². The first-order valence-corrected chi connectivity index (χ1v) is 10.7. The smallest absolute Gasteiger partial charge is 0.323 e. The Hall–Kier alpha value is -4.17. The SMILES string of the molecule is COC(=O)[C@@H]1N[C@@H](c2ccc([N+](=O)[O-])cc2)C2(C(=O)c3ccccc3C2=O)[C@H]1c1ccccc1. The van der Waals surface area contributed by atoms with Crippen molar-refractivity contribution in [2.75, 3.05) is 7.11 Å². The molecule has 3 aromatic rings. The van der Waals surface area contributed by atoms with Gasteiger partial charge in [-0.1, -0.05) is 66.7 Å². The van der Waals surface area contributed by atoms with E-state index in [0.29, 0.717) is 22.3 Å². The average Bonchev–Trinajstić information content (AvgIpc) is 3.34. The molecule has 5 rings (SSSR count). The number of Topliss-reactive ketones (excluding diaryl/α,β-unsaturated/α-hetero) is 2. The number of hydrogen-bond donors (Lipinski definition) is 1. The Morgan fingerprint density at radius 2 is 1.44 bits per heavy atom. The molecule has 1 spiro atoms. The van der Waals surface area contributed by atoms with Gasteiger partial charge in [-0.3, -0.25) is 29.8 Å². The van der Waals surface area contributed by atoms with Crippen molar-refractivity contribution in [3.63, 3.8) is 0 Å². The van der Waals surface area contributed by atoms with Crippen LogP contribution in [-0.4, -0.2) is 35.6 Å². The van der Waals surface area contributed by atoms with Gasteiger partial charge in [-0.2, -0.15) is 0 Å². The standard InChI is InChI=1S/C26H20N2O6/c1-34-25(31)21-20(15-7-3-2-4-8-15)26(23(29)18-9-5-6-10-19(18)24(26)30)22(27-21)16-11-13-17(14-12-16)28(32)33/h2-14,20-22,27H,1H3/t20-,21+,22-/m0/s1. The van der Waals surface area contributed by atoms with E-state index in [9.17, 15) is 24.5 Å². The van der Waals surface area contributed by atoms with Crippen molar-refractivity contribution in [2.45, 2.75) is 18.0 Å². The third-order valence-electron chi connectivity index (χ3n) is 6.84. The van der Waals surface area contributed by atoms with Crippen LogP contribution in [-0.2, 0) is 9.53 Å². The van der Waals surface area contributed by atoms with Crippen LogP contribution >= 0.6 is 0 Å². The highest BCUT2D eigenvalue weighted by Gasteiger charge is 2.69. The molecule has 0 radical (unpaired) electrons. The van der Waals surface area contributed by atoms with Gasteiger partial charge in [-0.05, 0) is 11.1 Å². The first kappa shape index (κ1) is 21.7. The normalized spacial score (nSPS) is 22.6. The van der Waals surface area contributed by atoms with Crippen LogP contribution in [0.2, 0.25) is 0 Å². The van der Waals surface area contributed by atoms with Crippen molar-refractivity contribution < 1.29 is 24.0 Å². The summed E-state index contributed by atoms with van der Waals surface area (Å²) < 4.78 is 5.06. The molecule has 1 aliphatic heterocycles. The second-order valence-corrected chi connectivity index (χ2v) is 8.41. The number of carbonyl (C=O) groups excluding carboxylic acids is 3. The van der Waals surface area contributed by atoms with E-state index in [1.807, 2.05) is 6.07 Å². The Morgan fingerprint density at radius 1 is 0.882 bits per heavy atom. The summed E-state index contributed by atoms with van der Waals surface area (Å²) in [5, 5.41) is 14.4. The Morgan fingerprint density at radius 3 is 1.97 bits per heavy atom. The Balaban J connectivity index is 1.78. The summed E-state index contributed by atoms with van der Waals surface area (Å²) in [7, 11) is 1.25. The fourth-order valence-electron chi connectivity index (χ4n) is 5.42. The van der Waals surface area contributed by atoms with Gasteiger partial charge in [-0.15, -0.1) is 0 Å². The van der Waals surface area contributed by atoms with Crippen LogP contribution in [0.1, 0.15) is 43.8 Å². The lowest BCUT2D eigenvalue weighted by Gasteiger charge is -2.33. The molecule has 1 heterocycles. The van der Waals surface area contributed by atoms with E-state index in [1.54, 1.807) is 48.5 Å². The largest absolute Gasteiger partial charge is 0.468 e. The van der Waals surface area contributed by atoms with Gasteiger partial charge in [0.05, 0.1) is 18.1 Å². The number of methoxy groups -OCH3 is 1. The van der Waals surface area contributed by atoms with Gasteiger partial charge < -0.3 is 4.74 Å². The first-order chi connectivity index (χ1) is 16.4. The number of nitrogens with zero attached hydrogens (tertiary/aromatic N) is 1. The third kappa shape index (κ3) is 2.92. The number of fused-ring (bicyclic) bond motifs is 1. The van der Waals surface area contributed by atoms with Crippen LogP contribution in [0.15, 0.2) is 78.9 Å². The minimum atomic E-state index is -1.67. The molecular weight excluding hydrogens is 436 g/mol. The summed E-state index contributed by atoms with van der Waals surface area (Å²) in [4.78, 5) is 51.8. The van der Waals surface area contributed by atoms with Crippen LogP contribution < -0.4 is 5.32 Å². The van der Waals surface area contributed by atoms with Crippen LogP contribution in [0.3, 0.4) is 0 Å². The number of ketones is 2. The zero-order valence-electron chi connectivity index (χ0n) is 18.1. The average molecular weight is 456 g/mol. The molecule has 3 atom stereocenters. The number of benzene rings is 3. The molecule has 0 unspecified atom stereocenters. The molecule has 1 aliphatic carbocycles. The summed E-state index contributed by atoms with van der Waals surface area (Å²) in [5.41, 5.74) is -0.0515. The first-order valence-electron chi connectivity index (χ1n) is 10.7. The highest BCUT2D eigenvalue weighted by Crippen LogP contribution is 2.59. The van der Waals surface area contributed by atoms with E-state index in [2.05, 4.69) is 5.32 Å². The molecule has 2 aliphatic rings. The number of hydrogen-bond acceptors (Lipinski definition) is 7. The minimum absolute atomic E-state index is 0.118. The van der Waals surface area contributed by atoms with E-state index in [4.69, 9.17) is 4.74 Å². The maximum Gasteiger partial charge on any atom is 0.323 e. The van der Waals surface area contributed by atoms with Crippen molar-refractivity contribution in [1.29, 1.82) is 0 Å². The van der Waals surface area contributed by atoms with Gasteiger partial charge in [0.15, 0.2) is 11.6 Å². The van der Waals surface area contributed by atoms with Crippen molar-refractivity contribution in [1.82, 2.24) is 5.32 Å². The molecule has 8 heteroatoms. The van der Waals surface area contributed by atoms with Crippen molar-refractivity contribution in [3.05, 3.63) is 111 Å². The molecule has 1 saturated heterocycles. The number of ether oxygens (including phenoxy) is 1. The zero-order valence-corrected chi connectivity index (χ0v) is 18.1. The lowest BCUT2D eigenvalue weighted by atomic mass is 9.64. The predicted octanol–water partition coefficient (Wildman–Crippen LogP) is 3.63. The maximum absolute atomic E-state index is 14.1. The zero-order chi connectivity index (χ0) is 24.0. The Kier molecular flexibility index (Phi) is 5.10. The van der Waals surface area contributed by atoms with Gasteiger partial charge in [0.25, 0.3) is 5.69 Å². The molecule has 0 aromatic heterocycles. The fraction of sp³-hybridized carbons (Fsp3) is 0.192. The number of nitro benzene ring substituents is 1. The monoisotopic (exact) mass is 456 g/mol. The number of non-ortho nitro benzene ring substituents is 1. The number of nitrogens with one attached hydrogen (secondary N) is 1. The number of nitro groups is 1. The van der Waals surface area contributed by atoms with Gasteiger partial charge in [0.2, 0.25) is 0 Å². The number of carbonyl (C=O) groups is 3. The summed E-state index contributed by atoms with van der Waals surface area (Å²) in [6.45, 7) is 0. The molecule has 34 heavy (non-hydrogen) atoms. The summed E-state index contributed by atoms with van der Waals surface area (Å²) in [5.74, 6) is -2.23. The molecule has 170 valence electrons. The molecule has 0 bridgehead atoms. The van der Waals surface area contributed by atoms with Gasteiger partial charge in [-0.25, -0.2) is 0 Å². The van der Waals surface area contributed by atoms with E-state index in [-0.39, 0.29) is 17.3 Å². The molecular formula is C26H20N2O6. The molecule has 0 saturated carbocycles. The fourth-order valence-corrected chi connectivity index (χ4v) is 5.42. The third-order valence-corrected chi connectivity index (χ3v) is 6.84. The van der Waals surface area contributed by atoms with Gasteiger partial charge >= 0.3 is 5.97 Å². The lowest BCUT2D eigenvalue weighted by molar-refractivity contribution is -0.384. The molecule has 0 amide bonds. The highest BCUT2D eigenvalue weighted by atomic mass is 16.6.